The molecule has 0 saturated heterocycles. The third-order valence-electron chi connectivity index (χ3n) is 3.78. The third kappa shape index (κ3) is 3.84. The summed E-state index contributed by atoms with van der Waals surface area (Å²) >= 11 is 0. The fourth-order valence-electron chi connectivity index (χ4n) is 2.56. The molecule has 1 heterocycles. The Morgan fingerprint density at radius 2 is 2.15 bits per heavy atom. The van der Waals surface area contributed by atoms with Crippen LogP contribution in [-0.2, 0) is 11.8 Å². The molecule has 1 amide bonds. The molecule has 0 aromatic carbocycles. The van der Waals surface area contributed by atoms with Crippen LogP contribution in [0.2, 0.25) is 0 Å². The van der Waals surface area contributed by atoms with Gasteiger partial charge in [0.1, 0.15) is 0 Å². The minimum Gasteiger partial charge on any atom is -0.328 e. The molecular formula is C14H22ClN3O2. The summed E-state index contributed by atoms with van der Waals surface area (Å²) in [5, 5.41) is 2.91. The van der Waals surface area contributed by atoms with Crippen molar-refractivity contribution in [2.75, 3.05) is 5.32 Å². The Morgan fingerprint density at radius 1 is 1.45 bits per heavy atom. The zero-order valence-corrected chi connectivity index (χ0v) is 12.7. The van der Waals surface area contributed by atoms with Crippen molar-refractivity contribution in [3.8, 4) is 0 Å². The molecule has 1 aliphatic carbocycles. The fraction of sp³-hybridized carbons (Fsp3) is 0.571. The van der Waals surface area contributed by atoms with Crippen molar-refractivity contribution in [1.29, 1.82) is 0 Å². The van der Waals surface area contributed by atoms with Crippen LogP contribution in [0.25, 0.3) is 0 Å². The first-order chi connectivity index (χ1) is 8.97. The lowest BCUT2D eigenvalue weighted by molar-refractivity contribution is -0.120. The van der Waals surface area contributed by atoms with E-state index in [1.807, 2.05) is 6.92 Å². The van der Waals surface area contributed by atoms with Crippen LogP contribution in [0.1, 0.15) is 31.2 Å². The standard InChI is InChI=1S/C14H21N3O2.ClH/c1-9-6-13(18)17(2)8-12(9)16-14(19)10-4-3-5-11(15)7-10;/h6,8,10-11H,3-5,7,15H2,1-2H3,(H,16,19);1H. The molecule has 112 valence electrons. The average molecular weight is 300 g/mol. The van der Waals surface area contributed by atoms with Crippen molar-refractivity contribution < 1.29 is 4.79 Å². The van der Waals surface area contributed by atoms with Crippen LogP contribution in [0.15, 0.2) is 17.1 Å². The first-order valence-corrected chi connectivity index (χ1v) is 6.71. The molecule has 0 spiro atoms. The number of nitrogens with two attached hydrogens (primary N) is 1. The number of pyridine rings is 1. The minimum atomic E-state index is -0.0739. The smallest absolute Gasteiger partial charge is 0.250 e. The van der Waals surface area contributed by atoms with Crippen molar-refractivity contribution in [1.82, 2.24) is 4.57 Å². The topological polar surface area (TPSA) is 77.1 Å². The van der Waals surface area contributed by atoms with Gasteiger partial charge in [0.05, 0.1) is 5.69 Å². The van der Waals surface area contributed by atoms with Gasteiger partial charge in [-0.15, -0.1) is 12.4 Å². The van der Waals surface area contributed by atoms with E-state index in [0.29, 0.717) is 5.69 Å². The van der Waals surface area contributed by atoms with Crippen molar-refractivity contribution >= 4 is 24.0 Å². The number of anilines is 1. The molecule has 1 aromatic rings. The lowest BCUT2D eigenvalue weighted by atomic mass is 9.85. The molecule has 6 heteroatoms. The highest BCUT2D eigenvalue weighted by Gasteiger charge is 2.25. The van der Waals surface area contributed by atoms with Gasteiger partial charge >= 0.3 is 0 Å². The van der Waals surface area contributed by atoms with Crippen LogP contribution in [0, 0.1) is 12.8 Å². The Bertz CT molecular complexity index is 542. The summed E-state index contributed by atoms with van der Waals surface area (Å²) < 4.78 is 1.47. The van der Waals surface area contributed by atoms with Crippen molar-refractivity contribution in [3.63, 3.8) is 0 Å². The average Bonchev–Trinajstić information content (AvgIpc) is 2.36. The van der Waals surface area contributed by atoms with Gasteiger partial charge in [-0.2, -0.15) is 0 Å². The summed E-state index contributed by atoms with van der Waals surface area (Å²) in [5.41, 5.74) is 7.32. The summed E-state index contributed by atoms with van der Waals surface area (Å²) in [5.74, 6) is -0.00252. The summed E-state index contributed by atoms with van der Waals surface area (Å²) in [6.45, 7) is 1.82. The molecule has 2 atom stereocenters. The molecule has 1 aromatic heterocycles. The van der Waals surface area contributed by atoms with Crippen LogP contribution in [0.5, 0.6) is 0 Å². The second-order valence-electron chi connectivity index (χ2n) is 5.43. The summed E-state index contributed by atoms with van der Waals surface area (Å²) in [7, 11) is 1.67. The quantitative estimate of drug-likeness (QED) is 0.870. The number of aromatic nitrogens is 1. The van der Waals surface area contributed by atoms with Gasteiger partial charge in [-0.25, -0.2) is 0 Å². The number of hydrogen-bond donors (Lipinski definition) is 2. The highest BCUT2D eigenvalue weighted by molar-refractivity contribution is 5.93. The number of nitrogens with one attached hydrogen (secondary N) is 1. The predicted octanol–water partition coefficient (Wildman–Crippen LogP) is 1.57. The van der Waals surface area contributed by atoms with Crippen LogP contribution >= 0.6 is 12.4 Å². The lowest BCUT2D eigenvalue weighted by Crippen LogP contribution is -2.34. The van der Waals surface area contributed by atoms with Gasteiger partial charge in [0.25, 0.3) is 5.56 Å². The van der Waals surface area contributed by atoms with Gasteiger partial charge < -0.3 is 15.6 Å². The number of rotatable bonds is 2. The molecule has 3 N–H and O–H groups in total. The minimum absolute atomic E-state index is 0. The highest BCUT2D eigenvalue weighted by Crippen LogP contribution is 2.24. The molecule has 1 fully saturated rings. The van der Waals surface area contributed by atoms with Crippen LogP contribution in [0.4, 0.5) is 5.69 Å². The van der Waals surface area contributed by atoms with E-state index in [4.69, 9.17) is 5.73 Å². The van der Waals surface area contributed by atoms with E-state index in [1.54, 1.807) is 13.2 Å². The van der Waals surface area contributed by atoms with E-state index in [0.717, 1.165) is 31.2 Å². The fourth-order valence-corrected chi connectivity index (χ4v) is 2.56. The largest absolute Gasteiger partial charge is 0.328 e. The maximum atomic E-state index is 12.2. The number of aryl methyl sites for hydroxylation is 2. The first kappa shape index (κ1) is 16.7. The molecule has 0 radical (unpaired) electrons. The monoisotopic (exact) mass is 299 g/mol. The SMILES string of the molecule is Cc1cc(=O)n(C)cc1NC(=O)C1CCCC(N)C1.Cl. The number of hydrogen-bond acceptors (Lipinski definition) is 3. The lowest BCUT2D eigenvalue weighted by Gasteiger charge is -2.25. The Kier molecular flexibility index (Phi) is 5.77. The number of carbonyl (C=O) groups is 1. The molecule has 2 rings (SSSR count). The van der Waals surface area contributed by atoms with E-state index >= 15 is 0 Å². The van der Waals surface area contributed by atoms with Crippen molar-refractivity contribution in [2.45, 2.75) is 38.6 Å². The van der Waals surface area contributed by atoms with Gasteiger partial charge in [0.2, 0.25) is 5.91 Å². The van der Waals surface area contributed by atoms with Gasteiger partial charge in [0.15, 0.2) is 0 Å². The molecule has 1 aliphatic rings. The van der Waals surface area contributed by atoms with E-state index in [2.05, 4.69) is 5.32 Å². The number of nitrogens with zero attached hydrogens (tertiary/aromatic N) is 1. The maximum absolute atomic E-state index is 12.2. The summed E-state index contributed by atoms with van der Waals surface area (Å²) in [4.78, 5) is 23.7. The van der Waals surface area contributed by atoms with E-state index in [1.165, 1.54) is 10.6 Å². The van der Waals surface area contributed by atoms with Crippen molar-refractivity contribution in [2.24, 2.45) is 18.7 Å². The molecular weight excluding hydrogens is 278 g/mol. The highest BCUT2D eigenvalue weighted by atomic mass is 35.5. The van der Waals surface area contributed by atoms with Crippen LogP contribution in [-0.4, -0.2) is 16.5 Å². The second-order valence-corrected chi connectivity index (χ2v) is 5.43. The zero-order valence-electron chi connectivity index (χ0n) is 11.9. The molecule has 20 heavy (non-hydrogen) atoms. The van der Waals surface area contributed by atoms with Crippen molar-refractivity contribution in [3.05, 3.63) is 28.2 Å². The maximum Gasteiger partial charge on any atom is 0.250 e. The summed E-state index contributed by atoms with van der Waals surface area (Å²) in [6.07, 6.45) is 5.31. The Labute approximate surface area is 125 Å². The second kappa shape index (κ2) is 6.90. The van der Waals surface area contributed by atoms with E-state index in [9.17, 15) is 9.59 Å². The number of amides is 1. The molecule has 2 unspecified atom stereocenters. The van der Waals surface area contributed by atoms with Gasteiger partial charge in [-0.3, -0.25) is 9.59 Å². The summed E-state index contributed by atoms with van der Waals surface area (Å²) in [6, 6.07) is 1.66. The van der Waals surface area contributed by atoms with Gasteiger partial charge in [-0.05, 0) is 31.7 Å². The first-order valence-electron chi connectivity index (χ1n) is 6.71. The molecule has 0 aliphatic heterocycles. The van der Waals surface area contributed by atoms with Crippen LogP contribution < -0.4 is 16.6 Å². The Morgan fingerprint density at radius 3 is 2.80 bits per heavy atom. The Balaban J connectivity index is 0.00000200. The van der Waals surface area contributed by atoms with Gasteiger partial charge in [-0.1, -0.05) is 6.42 Å². The molecule has 1 saturated carbocycles. The van der Waals surface area contributed by atoms with E-state index < -0.39 is 0 Å². The van der Waals surface area contributed by atoms with Gasteiger partial charge in [0, 0.05) is 31.3 Å². The Hall–Kier alpha value is -1.33. The third-order valence-corrected chi connectivity index (χ3v) is 3.78. The normalized spacial score (nSPS) is 21.9. The molecule has 0 bridgehead atoms. The number of halogens is 1. The number of carbonyl (C=O) groups excluding carboxylic acids is 1. The molecule has 5 nitrogen and oxygen atoms in total. The van der Waals surface area contributed by atoms with Crippen LogP contribution in [0.3, 0.4) is 0 Å². The predicted molar refractivity (Wildman–Crippen MR) is 82.2 cm³/mol. The zero-order chi connectivity index (χ0) is 14.0. The van der Waals surface area contributed by atoms with E-state index in [-0.39, 0.29) is 35.8 Å².